The zero-order valence-electron chi connectivity index (χ0n) is 10.9. The quantitative estimate of drug-likeness (QED) is 0.739. The molecule has 0 aliphatic rings. The molecule has 0 fully saturated rings. The standard InChI is InChI=1S/C16H13NO2S/c1-19-12-7-8-14-15(11-12)17-10-9-16(14)20(18)13-5-3-2-4-6-13/h2-11H,1H3/t20-/m1/s1. The van der Waals surface area contributed by atoms with Crippen molar-refractivity contribution in [3.63, 3.8) is 0 Å². The van der Waals surface area contributed by atoms with E-state index < -0.39 is 10.8 Å². The Kier molecular flexibility index (Phi) is 3.48. The summed E-state index contributed by atoms with van der Waals surface area (Å²) in [7, 11) is 0.407. The van der Waals surface area contributed by atoms with Crippen molar-refractivity contribution in [1.29, 1.82) is 0 Å². The first-order chi connectivity index (χ1) is 9.79. The van der Waals surface area contributed by atoms with Crippen molar-refractivity contribution in [3.8, 4) is 5.75 Å². The first-order valence-electron chi connectivity index (χ1n) is 6.19. The molecule has 1 atom stereocenters. The Morgan fingerprint density at radius 2 is 1.85 bits per heavy atom. The summed E-state index contributed by atoms with van der Waals surface area (Å²) >= 11 is 0. The van der Waals surface area contributed by atoms with Crippen LogP contribution < -0.4 is 4.74 Å². The number of nitrogens with zero attached hydrogens (tertiary/aromatic N) is 1. The molecule has 0 aliphatic heterocycles. The van der Waals surface area contributed by atoms with Crippen molar-refractivity contribution in [2.75, 3.05) is 7.11 Å². The van der Waals surface area contributed by atoms with E-state index in [1.807, 2.05) is 48.5 Å². The van der Waals surface area contributed by atoms with Gasteiger partial charge < -0.3 is 4.74 Å². The third kappa shape index (κ3) is 2.30. The highest BCUT2D eigenvalue weighted by Gasteiger charge is 2.11. The SMILES string of the molecule is COc1ccc2c([S@](=O)c3ccccc3)ccnc2c1. The Balaban J connectivity index is 2.15. The van der Waals surface area contributed by atoms with Gasteiger partial charge in [0.2, 0.25) is 0 Å². The highest BCUT2D eigenvalue weighted by atomic mass is 32.2. The zero-order chi connectivity index (χ0) is 13.9. The van der Waals surface area contributed by atoms with E-state index in [-0.39, 0.29) is 0 Å². The summed E-state index contributed by atoms with van der Waals surface area (Å²) in [4.78, 5) is 5.87. The van der Waals surface area contributed by atoms with Gasteiger partial charge in [0.1, 0.15) is 5.75 Å². The van der Waals surface area contributed by atoms with Crippen LogP contribution in [0.2, 0.25) is 0 Å². The van der Waals surface area contributed by atoms with Crippen molar-refractivity contribution >= 4 is 21.7 Å². The summed E-state index contributed by atoms with van der Waals surface area (Å²) in [5.41, 5.74) is 0.783. The summed E-state index contributed by atoms with van der Waals surface area (Å²) in [5.74, 6) is 0.743. The summed E-state index contributed by atoms with van der Waals surface area (Å²) in [6.45, 7) is 0. The van der Waals surface area contributed by atoms with Crippen LogP contribution in [0.25, 0.3) is 10.9 Å². The molecular weight excluding hydrogens is 270 g/mol. The topological polar surface area (TPSA) is 39.2 Å². The molecule has 1 aromatic heterocycles. The van der Waals surface area contributed by atoms with Gasteiger partial charge in [0.15, 0.2) is 0 Å². The number of hydrogen-bond acceptors (Lipinski definition) is 3. The lowest BCUT2D eigenvalue weighted by Gasteiger charge is -2.07. The van der Waals surface area contributed by atoms with Crippen molar-refractivity contribution in [2.24, 2.45) is 0 Å². The molecule has 0 radical (unpaired) electrons. The fraction of sp³-hybridized carbons (Fsp3) is 0.0625. The smallest absolute Gasteiger partial charge is 0.121 e. The number of ether oxygens (including phenoxy) is 1. The number of fused-ring (bicyclic) bond motifs is 1. The Hall–Kier alpha value is -2.20. The second-order valence-corrected chi connectivity index (χ2v) is 5.72. The molecule has 3 nitrogen and oxygen atoms in total. The number of benzene rings is 2. The van der Waals surface area contributed by atoms with Crippen LogP contribution in [-0.4, -0.2) is 16.3 Å². The van der Waals surface area contributed by atoms with Crippen LogP contribution in [0, 0.1) is 0 Å². The van der Waals surface area contributed by atoms with E-state index in [1.165, 1.54) is 0 Å². The van der Waals surface area contributed by atoms with Crippen LogP contribution in [0.1, 0.15) is 0 Å². The van der Waals surface area contributed by atoms with E-state index >= 15 is 0 Å². The lowest BCUT2D eigenvalue weighted by atomic mass is 10.2. The van der Waals surface area contributed by atoms with Gasteiger partial charge in [-0.2, -0.15) is 0 Å². The Morgan fingerprint density at radius 1 is 1.05 bits per heavy atom. The van der Waals surface area contributed by atoms with Gasteiger partial charge in [-0.3, -0.25) is 4.98 Å². The van der Waals surface area contributed by atoms with Crippen LogP contribution in [0.3, 0.4) is 0 Å². The molecule has 0 unspecified atom stereocenters. The molecule has 0 N–H and O–H groups in total. The Labute approximate surface area is 119 Å². The molecule has 1 heterocycles. The Morgan fingerprint density at radius 3 is 2.60 bits per heavy atom. The van der Waals surface area contributed by atoms with Crippen molar-refractivity contribution in [2.45, 2.75) is 9.79 Å². The number of hydrogen-bond donors (Lipinski definition) is 0. The van der Waals surface area contributed by atoms with Crippen LogP contribution in [-0.2, 0) is 10.8 Å². The molecule has 0 bridgehead atoms. The van der Waals surface area contributed by atoms with Gasteiger partial charge in [-0.05, 0) is 30.3 Å². The summed E-state index contributed by atoms with van der Waals surface area (Å²) < 4.78 is 17.9. The number of rotatable bonds is 3. The largest absolute Gasteiger partial charge is 0.497 e. The number of pyridine rings is 1. The number of methoxy groups -OCH3 is 1. The van der Waals surface area contributed by atoms with Gasteiger partial charge in [0, 0.05) is 22.5 Å². The summed E-state index contributed by atoms with van der Waals surface area (Å²) in [6, 6.07) is 16.8. The molecule has 3 aromatic rings. The summed E-state index contributed by atoms with van der Waals surface area (Å²) in [5, 5.41) is 0.885. The average molecular weight is 283 g/mol. The van der Waals surface area contributed by atoms with Gasteiger partial charge in [-0.1, -0.05) is 18.2 Å². The second-order valence-electron chi connectivity index (χ2n) is 4.27. The van der Waals surface area contributed by atoms with E-state index in [2.05, 4.69) is 4.98 Å². The maximum atomic E-state index is 12.7. The minimum absolute atomic E-state index is 0.743. The van der Waals surface area contributed by atoms with Gasteiger partial charge in [-0.25, -0.2) is 4.21 Å². The minimum Gasteiger partial charge on any atom is -0.497 e. The second kappa shape index (κ2) is 5.43. The lowest BCUT2D eigenvalue weighted by Crippen LogP contribution is -1.95. The molecule has 0 aliphatic carbocycles. The predicted octanol–water partition coefficient (Wildman–Crippen LogP) is 3.41. The monoisotopic (exact) mass is 283 g/mol. The minimum atomic E-state index is -1.21. The van der Waals surface area contributed by atoms with Crippen molar-refractivity contribution in [3.05, 3.63) is 60.8 Å². The van der Waals surface area contributed by atoms with Crippen LogP contribution in [0.15, 0.2) is 70.6 Å². The highest BCUT2D eigenvalue weighted by molar-refractivity contribution is 7.85. The molecule has 4 heteroatoms. The first kappa shape index (κ1) is 12.8. The normalized spacial score (nSPS) is 12.2. The Bertz CT molecular complexity index is 772. The molecule has 100 valence electrons. The van der Waals surface area contributed by atoms with E-state index in [9.17, 15) is 4.21 Å². The van der Waals surface area contributed by atoms with Crippen LogP contribution >= 0.6 is 0 Å². The zero-order valence-corrected chi connectivity index (χ0v) is 11.8. The van der Waals surface area contributed by atoms with E-state index in [0.29, 0.717) is 0 Å². The van der Waals surface area contributed by atoms with Gasteiger partial charge in [-0.15, -0.1) is 0 Å². The number of aromatic nitrogens is 1. The molecule has 0 amide bonds. The maximum absolute atomic E-state index is 12.7. The van der Waals surface area contributed by atoms with Gasteiger partial charge in [0.05, 0.1) is 28.3 Å². The fourth-order valence-electron chi connectivity index (χ4n) is 2.06. The van der Waals surface area contributed by atoms with E-state index in [1.54, 1.807) is 19.4 Å². The molecular formula is C16H13NO2S. The van der Waals surface area contributed by atoms with Crippen LogP contribution in [0.4, 0.5) is 0 Å². The van der Waals surface area contributed by atoms with Crippen molar-refractivity contribution < 1.29 is 8.95 Å². The van der Waals surface area contributed by atoms with E-state index in [0.717, 1.165) is 26.4 Å². The molecule has 20 heavy (non-hydrogen) atoms. The fourth-order valence-corrected chi connectivity index (χ4v) is 3.28. The van der Waals surface area contributed by atoms with Gasteiger partial charge >= 0.3 is 0 Å². The lowest BCUT2D eigenvalue weighted by molar-refractivity contribution is 0.415. The predicted molar refractivity (Wildman–Crippen MR) is 79.4 cm³/mol. The maximum Gasteiger partial charge on any atom is 0.121 e. The highest BCUT2D eigenvalue weighted by Crippen LogP contribution is 2.26. The molecule has 0 saturated heterocycles. The molecule has 2 aromatic carbocycles. The summed E-state index contributed by atoms with van der Waals surface area (Å²) in [6.07, 6.45) is 1.68. The van der Waals surface area contributed by atoms with Crippen molar-refractivity contribution in [1.82, 2.24) is 4.98 Å². The van der Waals surface area contributed by atoms with Gasteiger partial charge in [0.25, 0.3) is 0 Å². The molecule has 0 spiro atoms. The van der Waals surface area contributed by atoms with Crippen LogP contribution in [0.5, 0.6) is 5.75 Å². The third-order valence-corrected chi connectivity index (χ3v) is 4.52. The average Bonchev–Trinajstić information content (AvgIpc) is 2.54. The molecule has 3 rings (SSSR count). The first-order valence-corrected chi connectivity index (χ1v) is 7.34. The molecule has 0 saturated carbocycles. The third-order valence-electron chi connectivity index (χ3n) is 3.07. The van der Waals surface area contributed by atoms with E-state index in [4.69, 9.17) is 4.74 Å².